The summed E-state index contributed by atoms with van der Waals surface area (Å²) in [4.78, 5) is 28.2. The Kier molecular flexibility index (Phi) is 15.9. The first-order valence-corrected chi connectivity index (χ1v) is 10.5. The number of ketones is 1. The second kappa shape index (κ2) is 15.1. The highest BCUT2D eigenvalue weighted by molar-refractivity contribution is 5.83. The summed E-state index contributed by atoms with van der Waals surface area (Å²) in [6, 6.07) is 0. The normalized spacial score (nSPS) is 19.7. The third-order valence-electron chi connectivity index (χ3n) is 5.10. The van der Waals surface area contributed by atoms with Gasteiger partial charge in [-0.15, -0.1) is 0 Å². The second-order valence-corrected chi connectivity index (χ2v) is 6.37. The summed E-state index contributed by atoms with van der Waals surface area (Å²) in [6.45, 7) is 15.8. The summed E-state index contributed by atoms with van der Waals surface area (Å²) < 4.78 is 13.2. The van der Waals surface area contributed by atoms with Gasteiger partial charge in [-0.05, 0) is 52.7 Å². The average molecular weight is 375 g/mol. The molecule has 0 spiro atoms. The van der Waals surface area contributed by atoms with E-state index in [1.807, 2.05) is 46.4 Å². The van der Waals surface area contributed by atoms with Crippen LogP contribution >= 0.6 is 0 Å². The quantitative estimate of drug-likeness (QED) is 0.726. The largest absolute Gasteiger partial charge is 0.342 e. The molecule has 0 aliphatic carbocycles. The molecule has 5 heteroatoms. The summed E-state index contributed by atoms with van der Waals surface area (Å²) in [6.07, 6.45) is 2.76. The van der Waals surface area contributed by atoms with Crippen molar-refractivity contribution in [2.24, 2.45) is 11.3 Å². The molecule has 1 amide bonds. The van der Waals surface area contributed by atoms with Crippen molar-refractivity contribution in [1.82, 2.24) is 9.80 Å². The number of hydrogen-bond acceptors (Lipinski definition) is 3. The lowest BCUT2D eigenvalue weighted by Crippen LogP contribution is -2.49. The van der Waals surface area contributed by atoms with E-state index in [4.69, 9.17) is 0 Å². The van der Waals surface area contributed by atoms with Gasteiger partial charge in [-0.25, -0.2) is 0 Å². The van der Waals surface area contributed by atoms with E-state index >= 15 is 0 Å². The van der Waals surface area contributed by atoms with Crippen molar-refractivity contribution in [3.63, 3.8) is 0 Å². The van der Waals surface area contributed by atoms with Gasteiger partial charge >= 0.3 is 0 Å². The summed E-state index contributed by atoms with van der Waals surface area (Å²) in [7, 11) is 2.07. The first kappa shape index (κ1) is 27.3. The van der Waals surface area contributed by atoms with E-state index in [1.54, 1.807) is 0 Å². The topological polar surface area (TPSA) is 40.6 Å². The predicted molar refractivity (Wildman–Crippen MR) is 109 cm³/mol. The number of nitrogens with zero attached hydrogens (tertiary/aromatic N) is 2. The van der Waals surface area contributed by atoms with Crippen molar-refractivity contribution in [2.45, 2.75) is 74.1 Å². The fourth-order valence-corrected chi connectivity index (χ4v) is 3.25. The van der Waals surface area contributed by atoms with Crippen molar-refractivity contribution < 1.29 is 14.0 Å². The number of carbonyl (C=O) groups is 2. The van der Waals surface area contributed by atoms with E-state index in [2.05, 4.69) is 11.9 Å². The fraction of sp³-hybridized carbons (Fsp3) is 0.905. The first-order chi connectivity index (χ1) is 12.5. The van der Waals surface area contributed by atoms with Crippen LogP contribution < -0.4 is 0 Å². The van der Waals surface area contributed by atoms with Gasteiger partial charge in [0.05, 0.1) is 5.41 Å². The Balaban J connectivity index is 0. The van der Waals surface area contributed by atoms with Crippen LogP contribution in [-0.4, -0.2) is 61.4 Å². The van der Waals surface area contributed by atoms with Crippen LogP contribution in [0.25, 0.3) is 0 Å². The predicted octanol–water partition coefficient (Wildman–Crippen LogP) is 4.57. The maximum Gasteiger partial charge on any atom is 0.225 e. The molecule has 26 heavy (non-hydrogen) atoms. The first-order valence-electron chi connectivity index (χ1n) is 10.5. The molecule has 4 nitrogen and oxygen atoms in total. The molecular weight excluding hydrogens is 331 g/mol. The lowest BCUT2D eigenvalue weighted by atomic mass is 9.76. The maximum absolute atomic E-state index is 13.2. The number of amides is 1. The molecule has 0 unspecified atom stereocenters. The van der Waals surface area contributed by atoms with E-state index in [9.17, 15) is 14.0 Å². The van der Waals surface area contributed by atoms with E-state index in [0.29, 0.717) is 25.9 Å². The highest BCUT2D eigenvalue weighted by Gasteiger charge is 2.41. The molecule has 2 heterocycles. The minimum Gasteiger partial charge on any atom is -0.342 e. The number of hydrogen-bond donors (Lipinski definition) is 0. The highest BCUT2D eigenvalue weighted by atomic mass is 19.1. The molecule has 2 aliphatic rings. The van der Waals surface area contributed by atoms with Crippen molar-refractivity contribution in [1.29, 1.82) is 0 Å². The number of piperidine rings is 2. The number of alkyl halides is 1. The number of likely N-dealkylation sites (tertiary alicyclic amines) is 2. The Morgan fingerprint density at radius 3 is 1.69 bits per heavy atom. The number of halogens is 1. The van der Waals surface area contributed by atoms with Crippen LogP contribution in [-0.2, 0) is 9.59 Å². The van der Waals surface area contributed by atoms with Gasteiger partial charge in [0, 0.05) is 19.0 Å². The molecule has 0 radical (unpaired) electrons. The van der Waals surface area contributed by atoms with Gasteiger partial charge < -0.3 is 9.80 Å². The Bertz CT molecular complexity index is 372. The van der Waals surface area contributed by atoms with Gasteiger partial charge in [-0.3, -0.25) is 14.0 Å². The van der Waals surface area contributed by atoms with Crippen LogP contribution in [0, 0.1) is 11.3 Å². The van der Waals surface area contributed by atoms with Crippen LogP contribution in [0.5, 0.6) is 0 Å². The number of Topliss-reactive ketones (excluding diaryl/α,β-unsaturated/α-hetero) is 1. The highest BCUT2D eigenvalue weighted by Crippen LogP contribution is 2.34. The monoisotopic (exact) mass is 374 g/mol. The van der Waals surface area contributed by atoms with Crippen LogP contribution in [0.15, 0.2) is 0 Å². The van der Waals surface area contributed by atoms with E-state index in [0.717, 1.165) is 25.9 Å². The average Bonchev–Trinajstić information content (AvgIpc) is 2.72. The molecule has 0 aromatic carbocycles. The molecule has 2 saturated heterocycles. The zero-order chi connectivity index (χ0) is 20.8. The number of carbonyl (C=O) groups excluding carboxylic acids is 2. The minimum atomic E-state index is -0.830. The van der Waals surface area contributed by atoms with Crippen LogP contribution in [0.3, 0.4) is 0 Å². The minimum absolute atomic E-state index is 0.0774. The Labute approximate surface area is 161 Å². The molecule has 0 aromatic rings. The van der Waals surface area contributed by atoms with Crippen molar-refractivity contribution in [2.75, 3.05) is 39.9 Å². The summed E-state index contributed by atoms with van der Waals surface area (Å²) in [5.41, 5.74) is -0.830. The molecule has 2 aliphatic heterocycles. The van der Waals surface area contributed by atoms with Crippen molar-refractivity contribution in [3.8, 4) is 0 Å². The molecule has 2 fully saturated rings. The van der Waals surface area contributed by atoms with E-state index < -0.39 is 12.1 Å². The Morgan fingerprint density at radius 1 is 0.923 bits per heavy atom. The van der Waals surface area contributed by atoms with Crippen LogP contribution in [0.2, 0.25) is 0 Å². The summed E-state index contributed by atoms with van der Waals surface area (Å²) in [5, 5.41) is 0. The molecule has 2 rings (SSSR count). The standard InChI is InChI=1S/C15H25FN2O2.3C2H6/c1-12(19)15(11-16)5-9-18(10-6-15)14(20)13-3-7-17(2)8-4-13;3*1-2/h13H,3-11H2,1-2H3;3*1-2H3. The van der Waals surface area contributed by atoms with Crippen molar-refractivity contribution in [3.05, 3.63) is 0 Å². The SMILES string of the molecule is CC.CC.CC.CC(=O)C1(CF)CCN(C(=O)C2CCN(C)CC2)CC1. The Morgan fingerprint density at radius 2 is 1.35 bits per heavy atom. The van der Waals surface area contributed by atoms with Gasteiger partial charge in [-0.1, -0.05) is 41.5 Å². The van der Waals surface area contributed by atoms with Gasteiger partial charge in [0.15, 0.2) is 0 Å². The molecule has 0 saturated carbocycles. The molecule has 0 N–H and O–H groups in total. The van der Waals surface area contributed by atoms with Crippen molar-refractivity contribution >= 4 is 11.7 Å². The van der Waals surface area contributed by atoms with Gasteiger partial charge in [-0.2, -0.15) is 0 Å². The molecular formula is C21H43FN2O2. The molecule has 0 bridgehead atoms. The molecule has 156 valence electrons. The van der Waals surface area contributed by atoms with Gasteiger partial charge in [0.1, 0.15) is 12.5 Å². The van der Waals surface area contributed by atoms with Crippen LogP contribution in [0.1, 0.15) is 74.1 Å². The number of rotatable bonds is 3. The van der Waals surface area contributed by atoms with Crippen LogP contribution in [0.4, 0.5) is 4.39 Å². The van der Waals surface area contributed by atoms with E-state index in [1.165, 1.54) is 6.92 Å². The zero-order valence-electron chi connectivity index (χ0n) is 18.5. The fourth-order valence-electron chi connectivity index (χ4n) is 3.25. The maximum atomic E-state index is 13.2. The lowest BCUT2D eigenvalue weighted by Gasteiger charge is -2.40. The second-order valence-electron chi connectivity index (χ2n) is 6.37. The lowest BCUT2D eigenvalue weighted by molar-refractivity contribution is -0.143. The van der Waals surface area contributed by atoms with Gasteiger partial charge in [0.2, 0.25) is 5.91 Å². The molecule has 0 atom stereocenters. The zero-order valence-corrected chi connectivity index (χ0v) is 18.5. The Hall–Kier alpha value is -0.970. The molecule has 0 aromatic heterocycles. The third-order valence-corrected chi connectivity index (χ3v) is 5.10. The summed E-state index contributed by atoms with van der Waals surface area (Å²) >= 11 is 0. The summed E-state index contributed by atoms with van der Waals surface area (Å²) in [5.74, 6) is 0.238. The van der Waals surface area contributed by atoms with Gasteiger partial charge in [0.25, 0.3) is 0 Å². The van der Waals surface area contributed by atoms with E-state index in [-0.39, 0.29) is 17.6 Å². The third kappa shape index (κ3) is 7.73. The smallest absolute Gasteiger partial charge is 0.225 e.